The first kappa shape index (κ1) is 31.2. The third-order valence-electron chi connectivity index (χ3n) is 8.70. The Kier molecular flexibility index (Phi) is 8.04. The predicted molar refractivity (Wildman–Crippen MR) is 150 cm³/mol. The number of nitrogens with one attached hydrogen (secondary N) is 1. The fourth-order valence-corrected chi connectivity index (χ4v) is 6.76. The number of piperidine rings is 3. The Morgan fingerprint density at radius 3 is 2.09 bits per heavy atom. The van der Waals surface area contributed by atoms with E-state index in [1.54, 1.807) is 0 Å². The largest absolute Gasteiger partial charge is 0.481 e. The van der Waals surface area contributed by atoms with Crippen LogP contribution in [-0.4, -0.2) is 67.3 Å². The van der Waals surface area contributed by atoms with Gasteiger partial charge in [-0.05, 0) is 58.6 Å². The summed E-state index contributed by atoms with van der Waals surface area (Å²) >= 11 is 0. The van der Waals surface area contributed by atoms with Crippen LogP contribution < -0.4 is 5.32 Å². The van der Waals surface area contributed by atoms with Gasteiger partial charge in [0.1, 0.15) is 0 Å². The van der Waals surface area contributed by atoms with E-state index in [0.29, 0.717) is 25.1 Å². The lowest BCUT2D eigenvalue weighted by Crippen LogP contribution is -2.69. The molecule has 0 saturated carbocycles. The zero-order valence-corrected chi connectivity index (χ0v) is 23.8. The molecule has 1 amide bonds. The van der Waals surface area contributed by atoms with Gasteiger partial charge in [-0.2, -0.15) is 31.0 Å². The summed E-state index contributed by atoms with van der Waals surface area (Å²) < 4.78 is 82.6. The Hall–Kier alpha value is -4.79. The summed E-state index contributed by atoms with van der Waals surface area (Å²) in [6, 6.07) is 19.2. The second kappa shape index (κ2) is 11.9. The van der Waals surface area contributed by atoms with Crippen LogP contribution in [0.3, 0.4) is 0 Å². The highest BCUT2D eigenvalue weighted by Gasteiger charge is 2.53. The van der Waals surface area contributed by atoms with Crippen LogP contribution in [-0.2, 0) is 17.1 Å². The molecule has 3 aromatic carbocycles. The van der Waals surface area contributed by atoms with Crippen LogP contribution in [0.5, 0.6) is 0 Å². The molecule has 3 fully saturated rings. The Morgan fingerprint density at radius 1 is 0.891 bits per heavy atom. The second-order valence-electron chi connectivity index (χ2n) is 11.4. The van der Waals surface area contributed by atoms with E-state index < -0.39 is 70.8 Å². The molecule has 0 aliphatic carbocycles. The van der Waals surface area contributed by atoms with Gasteiger partial charge in [-0.1, -0.05) is 60.7 Å². The molecule has 5 atom stereocenters. The Balaban J connectivity index is 1.44. The van der Waals surface area contributed by atoms with Gasteiger partial charge < -0.3 is 10.4 Å². The summed E-state index contributed by atoms with van der Waals surface area (Å²) in [6.45, 7) is 0.745. The van der Waals surface area contributed by atoms with Gasteiger partial charge in [0.2, 0.25) is 0 Å². The van der Waals surface area contributed by atoms with Gasteiger partial charge in [0, 0.05) is 30.1 Å². The van der Waals surface area contributed by atoms with E-state index in [0.717, 1.165) is 17.2 Å². The molecule has 9 nitrogen and oxygen atoms in total. The summed E-state index contributed by atoms with van der Waals surface area (Å²) in [5, 5.41) is 22.0. The minimum absolute atomic E-state index is 0.0877. The van der Waals surface area contributed by atoms with Crippen molar-refractivity contribution in [1.29, 1.82) is 0 Å². The maximum absolute atomic E-state index is 14.0. The normalized spacial score (nSPS) is 23.0. The number of carboxylic acid groups (broad SMARTS) is 1. The predicted octanol–water partition coefficient (Wildman–Crippen LogP) is 5.04. The van der Waals surface area contributed by atoms with E-state index in [9.17, 15) is 41.0 Å². The van der Waals surface area contributed by atoms with Crippen molar-refractivity contribution in [3.8, 4) is 5.69 Å². The van der Waals surface area contributed by atoms with Gasteiger partial charge >= 0.3 is 18.3 Å². The van der Waals surface area contributed by atoms with E-state index in [1.807, 2.05) is 65.6 Å². The summed E-state index contributed by atoms with van der Waals surface area (Å²) in [7, 11) is 0. The van der Waals surface area contributed by atoms with E-state index >= 15 is 0 Å². The number of alkyl halides is 6. The first-order valence-corrected chi connectivity index (χ1v) is 14.3. The van der Waals surface area contributed by atoms with Crippen molar-refractivity contribution in [3.05, 3.63) is 107 Å². The van der Waals surface area contributed by atoms with Gasteiger partial charge in [-0.25, -0.2) is 0 Å². The molecular weight excluding hydrogens is 618 g/mol. The lowest BCUT2D eigenvalue weighted by molar-refractivity contribution is -0.152. The highest BCUT2D eigenvalue weighted by Crippen LogP contribution is 2.44. The number of aromatic nitrogens is 4. The molecule has 4 heterocycles. The molecule has 0 radical (unpaired) electrons. The maximum Gasteiger partial charge on any atom is 0.453 e. The molecule has 4 aromatic rings. The first-order chi connectivity index (χ1) is 21.8. The van der Waals surface area contributed by atoms with Crippen LogP contribution in [0.4, 0.5) is 26.3 Å². The summed E-state index contributed by atoms with van der Waals surface area (Å²) in [4.78, 5) is 28.2. The van der Waals surface area contributed by atoms with Crippen molar-refractivity contribution in [1.82, 2.24) is 30.4 Å². The number of benzene rings is 3. The number of hydrogen-bond acceptors (Lipinski definition) is 6. The Labute approximate surface area is 257 Å². The van der Waals surface area contributed by atoms with E-state index in [-0.39, 0.29) is 17.1 Å². The fraction of sp³-hybridized carbons (Fsp3) is 0.323. The molecule has 7 rings (SSSR count). The summed E-state index contributed by atoms with van der Waals surface area (Å²) in [6.07, 6.45) is -9.73. The molecule has 3 aliphatic heterocycles. The lowest BCUT2D eigenvalue weighted by Gasteiger charge is -2.56. The van der Waals surface area contributed by atoms with Crippen LogP contribution in [0.1, 0.15) is 45.2 Å². The van der Waals surface area contributed by atoms with E-state index in [2.05, 4.69) is 20.8 Å². The average molecular weight is 645 g/mol. The number of carboxylic acids is 1. The monoisotopic (exact) mass is 644 g/mol. The Morgan fingerprint density at radius 2 is 1.52 bits per heavy atom. The van der Waals surface area contributed by atoms with Crippen LogP contribution in [0.25, 0.3) is 5.69 Å². The number of aliphatic carboxylic acids is 1. The number of tetrazole rings is 1. The maximum atomic E-state index is 14.0. The molecule has 2 bridgehead atoms. The third kappa shape index (κ3) is 5.94. The minimum Gasteiger partial charge on any atom is -0.481 e. The molecule has 46 heavy (non-hydrogen) atoms. The second-order valence-corrected chi connectivity index (χ2v) is 11.4. The van der Waals surface area contributed by atoms with Crippen LogP contribution in [0, 0.1) is 11.8 Å². The highest BCUT2D eigenvalue weighted by molar-refractivity contribution is 5.95. The van der Waals surface area contributed by atoms with Crippen molar-refractivity contribution >= 4 is 11.9 Å². The zero-order valence-electron chi connectivity index (χ0n) is 23.8. The first-order valence-electron chi connectivity index (χ1n) is 14.3. The topological polar surface area (TPSA) is 113 Å². The molecule has 3 saturated heterocycles. The molecule has 3 aliphatic rings. The number of amides is 1. The molecule has 2 N–H and O–H groups in total. The molecule has 1 unspecified atom stereocenters. The minimum atomic E-state index is -5.10. The zero-order chi connectivity index (χ0) is 32.8. The smallest absolute Gasteiger partial charge is 0.453 e. The van der Waals surface area contributed by atoms with Crippen molar-refractivity contribution in [3.63, 3.8) is 0 Å². The molecule has 240 valence electrons. The number of carbonyl (C=O) groups excluding carboxylic acids is 1. The van der Waals surface area contributed by atoms with Gasteiger partial charge in [0.15, 0.2) is 0 Å². The SMILES string of the molecule is O=C(N[C@H]1[C@H]2CCN(C[C@@H]2C(=O)O)[C@H]1C(c1ccccc1)c1ccccc1)c1cc(-n2nnnc2C(F)(F)F)cc(C(F)(F)F)c1. The van der Waals surface area contributed by atoms with E-state index in [4.69, 9.17) is 0 Å². The van der Waals surface area contributed by atoms with E-state index in [1.165, 1.54) is 0 Å². The number of rotatable bonds is 7. The van der Waals surface area contributed by atoms with Gasteiger partial charge in [-0.15, -0.1) is 5.10 Å². The lowest BCUT2D eigenvalue weighted by atomic mass is 9.66. The van der Waals surface area contributed by atoms with Crippen LogP contribution >= 0.6 is 0 Å². The van der Waals surface area contributed by atoms with Crippen molar-refractivity contribution < 1.29 is 41.0 Å². The standard InChI is InChI=1S/C31H26F6N6O3/c32-30(33,34)20-13-19(14-21(15-20)43-29(31(35,36)37)39-40-41-43)27(44)38-25-22-11-12-42(16-23(22)28(45)46)26(25)24(17-7-3-1-4-8-17)18-9-5-2-6-10-18/h1-10,13-15,22-26H,11-12,16H2,(H,38,44)(H,45,46)/t22-,23-,25-,26-/m0/s1. The average Bonchev–Trinajstić information content (AvgIpc) is 3.54. The molecule has 0 spiro atoms. The Bertz CT molecular complexity index is 1690. The summed E-state index contributed by atoms with van der Waals surface area (Å²) in [5.41, 5.74) is -0.933. The quantitative estimate of drug-likeness (QED) is 0.271. The van der Waals surface area contributed by atoms with Gasteiger partial charge in [-0.3, -0.25) is 14.5 Å². The van der Waals surface area contributed by atoms with Crippen molar-refractivity contribution in [2.45, 2.75) is 36.8 Å². The molecule has 15 heteroatoms. The van der Waals surface area contributed by atoms with Gasteiger partial charge in [0.25, 0.3) is 11.7 Å². The number of hydrogen-bond donors (Lipinski definition) is 2. The third-order valence-corrected chi connectivity index (χ3v) is 8.70. The number of nitrogens with zero attached hydrogens (tertiary/aromatic N) is 5. The van der Waals surface area contributed by atoms with Crippen molar-refractivity contribution in [2.75, 3.05) is 13.1 Å². The molecule has 1 aromatic heterocycles. The number of halogens is 6. The summed E-state index contributed by atoms with van der Waals surface area (Å²) in [5.74, 6) is -5.56. The van der Waals surface area contributed by atoms with Gasteiger partial charge in [0.05, 0.1) is 17.2 Å². The number of fused-ring (bicyclic) bond motifs is 3. The van der Waals surface area contributed by atoms with Crippen LogP contribution in [0.2, 0.25) is 0 Å². The van der Waals surface area contributed by atoms with Crippen molar-refractivity contribution in [2.24, 2.45) is 11.8 Å². The molecular formula is C31H26F6N6O3. The number of carbonyl (C=O) groups is 2. The highest BCUT2D eigenvalue weighted by atomic mass is 19.4. The fourth-order valence-electron chi connectivity index (χ4n) is 6.76. The van der Waals surface area contributed by atoms with Crippen LogP contribution in [0.15, 0.2) is 78.9 Å².